The van der Waals surface area contributed by atoms with Crippen LogP contribution >= 0.6 is 0 Å². The standard InChI is InChI=1S/C13H22O2/c1-2-3-4-5-6-11-7-9-12(10-8-11)13(14)15/h7,12H,2-6,8-10H2,1H3,(H,14,15). The number of carboxylic acids is 1. The van der Waals surface area contributed by atoms with Gasteiger partial charge in [-0.25, -0.2) is 0 Å². The molecule has 0 aromatic carbocycles. The topological polar surface area (TPSA) is 37.3 Å². The predicted molar refractivity (Wildman–Crippen MR) is 61.8 cm³/mol. The lowest BCUT2D eigenvalue weighted by molar-refractivity contribution is -0.141. The molecule has 0 aliphatic heterocycles. The molecule has 0 heterocycles. The molecule has 1 aliphatic rings. The van der Waals surface area contributed by atoms with Crippen LogP contribution in [0.15, 0.2) is 11.6 Å². The van der Waals surface area contributed by atoms with E-state index in [0.717, 1.165) is 19.3 Å². The normalized spacial score (nSPS) is 21.1. The molecule has 2 heteroatoms. The van der Waals surface area contributed by atoms with Gasteiger partial charge in [-0.3, -0.25) is 4.79 Å². The van der Waals surface area contributed by atoms with Crippen molar-refractivity contribution in [2.75, 3.05) is 0 Å². The van der Waals surface area contributed by atoms with Gasteiger partial charge in [-0.1, -0.05) is 37.8 Å². The van der Waals surface area contributed by atoms with Gasteiger partial charge in [-0.15, -0.1) is 0 Å². The fraction of sp³-hybridized carbons (Fsp3) is 0.769. The number of hydrogen-bond acceptors (Lipinski definition) is 1. The number of carbonyl (C=O) groups is 1. The van der Waals surface area contributed by atoms with E-state index in [2.05, 4.69) is 13.0 Å². The summed E-state index contributed by atoms with van der Waals surface area (Å²) in [6.07, 6.45) is 11.1. The molecule has 1 atom stereocenters. The molecule has 1 rings (SSSR count). The summed E-state index contributed by atoms with van der Waals surface area (Å²) in [5.41, 5.74) is 1.49. The zero-order valence-electron chi connectivity index (χ0n) is 9.67. The maximum atomic E-state index is 10.7. The largest absolute Gasteiger partial charge is 0.481 e. The molecule has 2 nitrogen and oxygen atoms in total. The lowest BCUT2D eigenvalue weighted by atomic mass is 9.87. The number of aliphatic carboxylic acids is 1. The summed E-state index contributed by atoms with van der Waals surface area (Å²) in [6.45, 7) is 2.22. The lowest BCUT2D eigenvalue weighted by Gasteiger charge is -2.18. The van der Waals surface area contributed by atoms with Crippen molar-refractivity contribution >= 4 is 5.97 Å². The van der Waals surface area contributed by atoms with Gasteiger partial charge < -0.3 is 5.11 Å². The molecular formula is C13H22O2. The molecular weight excluding hydrogens is 188 g/mol. The van der Waals surface area contributed by atoms with Crippen LogP contribution in [0.3, 0.4) is 0 Å². The minimum absolute atomic E-state index is 0.121. The third-order valence-corrected chi connectivity index (χ3v) is 3.21. The van der Waals surface area contributed by atoms with Crippen molar-refractivity contribution in [2.45, 2.75) is 58.3 Å². The second-order valence-electron chi connectivity index (χ2n) is 4.48. The summed E-state index contributed by atoms with van der Waals surface area (Å²) >= 11 is 0. The molecule has 1 unspecified atom stereocenters. The zero-order chi connectivity index (χ0) is 11.1. The van der Waals surface area contributed by atoms with Gasteiger partial charge in [0.05, 0.1) is 5.92 Å². The van der Waals surface area contributed by atoms with Gasteiger partial charge in [-0.05, 0) is 32.1 Å². The van der Waals surface area contributed by atoms with Crippen LogP contribution in [0.25, 0.3) is 0 Å². The molecule has 0 aromatic rings. The monoisotopic (exact) mass is 210 g/mol. The average Bonchev–Trinajstić information content (AvgIpc) is 2.25. The molecule has 0 saturated carbocycles. The molecule has 0 aromatic heterocycles. The van der Waals surface area contributed by atoms with Crippen molar-refractivity contribution in [3.63, 3.8) is 0 Å². The fourth-order valence-electron chi connectivity index (χ4n) is 2.12. The molecule has 15 heavy (non-hydrogen) atoms. The number of unbranched alkanes of at least 4 members (excludes halogenated alkanes) is 3. The summed E-state index contributed by atoms with van der Waals surface area (Å²) in [7, 11) is 0. The van der Waals surface area contributed by atoms with Crippen molar-refractivity contribution in [1.82, 2.24) is 0 Å². The van der Waals surface area contributed by atoms with Crippen LogP contribution in [-0.2, 0) is 4.79 Å². The number of carboxylic acid groups (broad SMARTS) is 1. The summed E-state index contributed by atoms with van der Waals surface area (Å²) in [5, 5.41) is 8.84. The van der Waals surface area contributed by atoms with Crippen molar-refractivity contribution in [3.05, 3.63) is 11.6 Å². The Kier molecular flexibility index (Phi) is 5.44. The highest BCUT2D eigenvalue weighted by atomic mass is 16.4. The maximum Gasteiger partial charge on any atom is 0.306 e. The van der Waals surface area contributed by atoms with E-state index >= 15 is 0 Å². The summed E-state index contributed by atoms with van der Waals surface area (Å²) in [4.78, 5) is 10.7. The highest BCUT2D eigenvalue weighted by molar-refractivity contribution is 5.70. The maximum absolute atomic E-state index is 10.7. The van der Waals surface area contributed by atoms with Crippen LogP contribution in [0, 0.1) is 5.92 Å². The van der Waals surface area contributed by atoms with E-state index in [1.54, 1.807) is 0 Å². The molecule has 0 amide bonds. The van der Waals surface area contributed by atoms with Crippen molar-refractivity contribution in [3.8, 4) is 0 Å². The fourth-order valence-corrected chi connectivity index (χ4v) is 2.12. The van der Waals surface area contributed by atoms with Gasteiger partial charge in [-0.2, -0.15) is 0 Å². The van der Waals surface area contributed by atoms with Crippen LogP contribution in [0.2, 0.25) is 0 Å². The van der Waals surface area contributed by atoms with E-state index in [1.165, 1.54) is 37.7 Å². The van der Waals surface area contributed by atoms with Gasteiger partial charge in [0.2, 0.25) is 0 Å². The second-order valence-corrected chi connectivity index (χ2v) is 4.48. The third-order valence-electron chi connectivity index (χ3n) is 3.21. The highest BCUT2D eigenvalue weighted by Crippen LogP contribution is 2.26. The molecule has 0 bridgehead atoms. The Morgan fingerprint density at radius 3 is 2.80 bits per heavy atom. The van der Waals surface area contributed by atoms with Crippen molar-refractivity contribution in [1.29, 1.82) is 0 Å². The van der Waals surface area contributed by atoms with Gasteiger partial charge >= 0.3 is 5.97 Å². The van der Waals surface area contributed by atoms with Crippen LogP contribution in [0.1, 0.15) is 58.3 Å². The van der Waals surface area contributed by atoms with Gasteiger partial charge in [0.25, 0.3) is 0 Å². The first-order valence-corrected chi connectivity index (χ1v) is 6.14. The molecule has 86 valence electrons. The first kappa shape index (κ1) is 12.3. The van der Waals surface area contributed by atoms with Crippen molar-refractivity contribution < 1.29 is 9.90 Å². The number of allylic oxidation sites excluding steroid dienone is 2. The number of rotatable bonds is 6. The third kappa shape index (κ3) is 4.50. The van der Waals surface area contributed by atoms with Gasteiger partial charge in [0.1, 0.15) is 0 Å². The highest BCUT2D eigenvalue weighted by Gasteiger charge is 2.19. The summed E-state index contributed by atoms with van der Waals surface area (Å²) in [5.74, 6) is -0.749. The number of hydrogen-bond donors (Lipinski definition) is 1. The molecule has 0 fully saturated rings. The molecule has 1 aliphatic carbocycles. The minimum Gasteiger partial charge on any atom is -0.481 e. The summed E-state index contributed by atoms with van der Waals surface area (Å²) in [6, 6.07) is 0. The molecule has 0 spiro atoms. The Morgan fingerprint density at radius 1 is 1.47 bits per heavy atom. The Bertz CT molecular complexity index is 231. The lowest BCUT2D eigenvalue weighted by Crippen LogP contribution is -2.16. The van der Waals surface area contributed by atoms with Crippen LogP contribution in [0.5, 0.6) is 0 Å². The zero-order valence-corrected chi connectivity index (χ0v) is 9.67. The van der Waals surface area contributed by atoms with Crippen molar-refractivity contribution in [2.24, 2.45) is 5.92 Å². The first-order valence-electron chi connectivity index (χ1n) is 6.14. The predicted octanol–water partition coefficient (Wildman–Crippen LogP) is 3.77. The van der Waals surface area contributed by atoms with Crippen LogP contribution < -0.4 is 0 Å². The summed E-state index contributed by atoms with van der Waals surface area (Å²) < 4.78 is 0. The smallest absolute Gasteiger partial charge is 0.306 e. The van der Waals surface area contributed by atoms with E-state index < -0.39 is 5.97 Å². The SMILES string of the molecule is CCCCCCC1=CCC(C(=O)O)CC1. The van der Waals surface area contributed by atoms with Gasteiger partial charge in [0.15, 0.2) is 0 Å². The minimum atomic E-state index is -0.628. The second kappa shape index (κ2) is 6.65. The molecule has 0 saturated heterocycles. The van der Waals surface area contributed by atoms with E-state index in [1.807, 2.05) is 0 Å². The van der Waals surface area contributed by atoms with E-state index in [4.69, 9.17) is 5.11 Å². The Hall–Kier alpha value is -0.790. The van der Waals surface area contributed by atoms with Gasteiger partial charge in [0, 0.05) is 0 Å². The van der Waals surface area contributed by atoms with Crippen LogP contribution in [-0.4, -0.2) is 11.1 Å². The molecule has 1 N–H and O–H groups in total. The first-order chi connectivity index (χ1) is 7.24. The Morgan fingerprint density at radius 2 is 2.27 bits per heavy atom. The van der Waals surface area contributed by atoms with E-state index in [0.29, 0.717) is 0 Å². The average molecular weight is 210 g/mol. The van der Waals surface area contributed by atoms with E-state index in [-0.39, 0.29) is 5.92 Å². The Balaban J connectivity index is 2.19. The van der Waals surface area contributed by atoms with E-state index in [9.17, 15) is 4.79 Å². The van der Waals surface area contributed by atoms with Crippen LogP contribution in [0.4, 0.5) is 0 Å². The Labute approximate surface area is 92.4 Å². The molecule has 0 radical (unpaired) electrons. The quantitative estimate of drug-likeness (QED) is 0.535.